The van der Waals surface area contributed by atoms with Crippen LogP contribution in [-0.4, -0.2) is 6.61 Å². The van der Waals surface area contributed by atoms with E-state index in [1.165, 1.54) is 0 Å². The average molecular weight is 473 g/mol. The minimum Gasteiger partial charge on any atom is -0.491 e. The fourth-order valence-electron chi connectivity index (χ4n) is 4.44. The molecule has 0 aromatic heterocycles. The molecule has 0 bridgehead atoms. The molecule has 0 aliphatic heterocycles. The number of hydrogen-bond acceptors (Lipinski definition) is 1. The Morgan fingerprint density at radius 3 is 2.18 bits per heavy atom. The predicted octanol–water partition coefficient (Wildman–Crippen LogP) is 9.12. The van der Waals surface area contributed by atoms with Crippen LogP contribution in [0.15, 0.2) is 72.5 Å². The van der Waals surface area contributed by atoms with Gasteiger partial charge in [0.1, 0.15) is 0 Å². The number of rotatable bonds is 9. The van der Waals surface area contributed by atoms with E-state index in [9.17, 15) is 17.6 Å². The summed E-state index contributed by atoms with van der Waals surface area (Å²) in [5.41, 5.74) is 2.09. The molecular formula is C29H32F4O. The van der Waals surface area contributed by atoms with E-state index in [2.05, 4.69) is 20.1 Å². The SMILES string of the molecule is C=C(CCc1ccc(-c2ccc(C3CCC(C)CC3)c(F)c2F)cc1)/C(F)=C(/F)C(=C)OCC. The van der Waals surface area contributed by atoms with Crippen molar-refractivity contribution in [2.45, 2.75) is 58.3 Å². The van der Waals surface area contributed by atoms with Gasteiger partial charge in [-0.25, -0.2) is 13.2 Å². The molecule has 0 saturated heterocycles. The first-order valence-corrected chi connectivity index (χ1v) is 11.9. The Labute approximate surface area is 199 Å². The summed E-state index contributed by atoms with van der Waals surface area (Å²) in [6.45, 7) is 11.0. The largest absolute Gasteiger partial charge is 0.491 e. The van der Waals surface area contributed by atoms with Crippen LogP contribution in [0.2, 0.25) is 0 Å². The van der Waals surface area contributed by atoms with Gasteiger partial charge in [-0.1, -0.05) is 69.3 Å². The fourth-order valence-corrected chi connectivity index (χ4v) is 4.44. The van der Waals surface area contributed by atoms with Gasteiger partial charge >= 0.3 is 0 Å². The van der Waals surface area contributed by atoms with Crippen LogP contribution in [-0.2, 0) is 11.2 Å². The minimum absolute atomic E-state index is 0.00300. The number of aryl methyl sites for hydroxylation is 1. The lowest BCUT2D eigenvalue weighted by atomic mass is 9.79. The topological polar surface area (TPSA) is 9.23 Å². The van der Waals surface area contributed by atoms with Crippen molar-refractivity contribution in [2.75, 3.05) is 6.61 Å². The zero-order valence-electron chi connectivity index (χ0n) is 19.9. The zero-order chi connectivity index (χ0) is 24.8. The summed E-state index contributed by atoms with van der Waals surface area (Å²) >= 11 is 0. The van der Waals surface area contributed by atoms with Crippen molar-refractivity contribution in [3.63, 3.8) is 0 Å². The number of allylic oxidation sites excluding steroid dienone is 3. The third-order valence-electron chi connectivity index (χ3n) is 6.61. The molecule has 0 unspecified atom stereocenters. The Morgan fingerprint density at radius 1 is 0.912 bits per heavy atom. The molecule has 0 heterocycles. The van der Waals surface area contributed by atoms with Crippen molar-refractivity contribution in [2.24, 2.45) is 5.92 Å². The molecule has 1 fully saturated rings. The summed E-state index contributed by atoms with van der Waals surface area (Å²) in [5.74, 6) is -3.44. The van der Waals surface area contributed by atoms with E-state index in [1.807, 2.05) is 0 Å². The highest BCUT2D eigenvalue weighted by Crippen LogP contribution is 2.38. The quantitative estimate of drug-likeness (QED) is 0.201. The molecular weight excluding hydrogens is 440 g/mol. The first-order chi connectivity index (χ1) is 16.2. The molecule has 34 heavy (non-hydrogen) atoms. The molecule has 1 aliphatic rings. The zero-order valence-corrected chi connectivity index (χ0v) is 19.9. The molecule has 1 aliphatic carbocycles. The van der Waals surface area contributed by atoms with Crippen molar-refractivity contribution >= 4 is 0 Å². The van der Waals surface area contributed by atoms with Crippen molar-refractivity contribution in [1.82, 2.24) is 0 Å². The van der Waals surface area contributed by atoms with Gasteiger partial charge in [-0.3, -0.25) is 0 Å². The van der Waals surface area contributed by atoms with Crippen molar-refractivity contribution in [1.29, 1.82) is 0 Å². The van der Waals surface area contributed by atoms with Gasteiger partial charge in [0.15, 0.2) is 29.0 Å². The van der Waals surface area contributed by atoms with Gasteiger partial charge in [0, 0.05) is 5.56 Å². The van der Waals surface area contributed by atoms with Crippen LogP contribution in [0.4, 0.5) is 17.6 Å². The molecule has 0 amide bonds. The second-order valence-electron chi connectivity index (χ2n) is 9.07. The Kier molecular flexibility index (Phi) is 8.76. The van der Waals surface area contributed by atoms with Gasteiger partial charge in [0.2, 0.25) is 0 Å². The van der Waals surface area contributed by atoms with Crippen LogP contribution >= 0.6 is 0 Å². The molecule has 2 aromatic rings. The Morgan fingerprint density at radius 2 is 1.56 bits per heavy atom. The van der Waals surface area contributed by atoms with Gasteiger partial charge < -0.3 is 4.74 Å². The van der Waals surface area contributed by atoms with E-state index in [-0.39, 0.29) is 35.8 Å². The van der Waals surface area contributed by atoms with Crippen LogP contribution in [0.25, 0.3) is 11.1 Å². The maximum absolute atomic E-state index is 14.9. The summed E-state index contributed by atoms with van der Waals surface area (Å²) in [5, 5.41) is 0. The van der Waals surface area contributed by atoms with Gasteiger partial charge in [-0.15, -0.1) is 0 Å². The Balaban J connectivity index is 1.67. The molecule has 0 N–H and O–H groups in total. The fraction of sp³-hybridized carbons (Fsp3) is 0.379. The minimum atomic E-state index is -1.15. The van der Waals surface area contributed by atoms with Crippen LogP contribution in [0.1, 0.15) is 63.0 Å². The normalized spacial score (nSPS) is 18.9. The number of hydrogen-bond donors (Lipinski definition) is 0. The molecule has 182 valence electrons. The highest BCUT2D eigenvalue weighted by Gasteiger charge is 2.25. The molecule has 5 heteroatoms. The second kappa shape index (κ2) is 11.5. The van der Waals surface area contributed by atoms with Crippen LogP contribution in [0.5, 0.6) is 0 Å². The predicted molar refractivity (Wildman–Crippen MR) is 130 cm³/mol. The van der Waals surface area contributed by atoms with E-state index >= 15 is 0 Å². The first kappa shape index (κ1) is 25.8. The summed E-state index contributed by atoms with van der Waals surface area (Å²) in [6, 6.07) is 10.3. The molecule has 0 atom stereocenters. The van der Waals surface area contributed by atoms with Gasteiger partial charge in [0.25, 0.3) is 0 Å². The standard InChI is InChI=1S/C29H32F4O/c1-5-34-20(4)27(31)26(30)19(3)8-9-21-10-14-23(15-11-21)25-17-16-24(28(32)29(25)33)22-12-6-18(2)7-13-22/h10-11,14-18,22H,3-9,12-13H2,1-2H3/b27-26-. The van der Waals surface area contributed by atoms with E-state index in [0.717, 1.165) is 31.2 Å². The monoisotopic (exact) mass is 472 g/mol. The maximum atomic E-state index is 14.9. The van der Waals surface area contributed by atoms with Crippen LogP contribution in [0, 0.1) is 17.6 Å². The summed E-state index contributed by atoms with van der Waals surface area (Å²) < 4.78 is 62.9. The Bertz CT molecular complexity index is 1060. The van der Waals surface area contributed by atoms with Crippen molar-refractivity contribution < 1.29 is 22.3 Å². The van der Waals surface area contributed by atoms with Crippen LogP contribution in [0.3, 0.4) is 0 Å². The highest BCUT2D eigenvalue weighted by molar-refractivity contribution is 5.65. The molecule has 1 nitrogen and oxygen atoms in total. The molecule has 1 saturated carbocycles. The number of benzene rings is 2. The Hall–Kier alpha value is -2.82. The average Bonchev–Trinajstić information content (AvgIpc) is 2.84. The van der Waals surface area contributed by atoms with E-state index in [1.54, 1.807) is 43.3 Å². The number of ether oxygens (including phenoxy) is 1. The smallest absolute Gasteiger partial charge is 0.200 e. The van der Waals surface area contributed by atoms with Gasteiger partial charge in [0.05, 0.1) is 6.61 Å². The van der Waals surface area contributed by atoms with Crippen molar-refractivity contribution in [3.05, 3.63) is 95.3 Å². The van der Waals surface area contributed by atoms with E-state index < -0.39 is 23.3 Å². The third-order valence-corrected chi connectivity index (χ3v) is 6.61. The highest BCUT2D eigenvalue weighted by atomic mass is 19.2. The van der Waals surface area contributed by atoms with Crippen molar-refractivity contribution in [3.8, 4) is 11.1 Å². The summed E-state index contributed by atoms with van der Waals surface area (Å²) in [6.07, 6.45) is 4.45. The van der Waals surface area contributed by atoms with E-state index in [4.69, 9.17) is 4.74 Å². The molecule has 0 spiro atoms. The summed E-state index contributed by atoms with van der Waals surface area (Å²) in [4.78, 5) is 0. The lowest BCUT2D eigenvalue weighted by molar-refractivity contribution is 0.224. The lowest BCUT2D eigenvalue weighted by Crippen LogP contribution is -2.13. The molecule has 0 radical (unpaired) electrons. The third kappa shape index (κ3) is 5.99. The second-order valence-corrected chi connectivity index (χ2v) is 9.07. The van der Waals surface area contributed by atoms with Crippen LogP contribution < -0.4 is 0 Å². The summed E-state index contributed by atoms with van der Waals surface area (Å²) in [7, 11) is 0. The lowest BCUT2D eigenvalue weighted by Gasteiger charge is -2.27. The van der Waals surface area contributed by atoms with E-state index in [0.29, 0.717) is 23.5 Å². The van der Waals surface area contributed by atoms with Gasteiger partial charge in [-0.05, 0) is 66.7 Å². The van der Waals surface area contributed by atoms with Gasteiger partial charge in [-0.2, -0.15) is 4.39 Å². The molecule has 2 aromatic carbocycles. The number of halogens is 4. The molecule has 3 rings (SSSR count). The first-order valence-electron chi connectivity index (χ1n) is 11.9. The maximum Gasteiger partial charge on any atom is 0.200 e.